The molecule has 0 spiro atoms. The Labute approximate surface area is 275 Å². The van der Waals surface area contributed by atoms with Crippen LogP contribution in [0.1, 0.15) is 0 Å². The topological polar surface area (TPSA) is 26.3 Å². The van der Waals surface area contributed by atoms with Gasteiger partial charge in [-0.2, -0.15) is 0 Å². The number of fused-ring (bicyclic) bond motifs is 12. The van der Waals surface area contributed by atoms with E-state index in [1.807, 2.05) is 0 Å². The number of furan rings is 2. The third-order valence-corrected chi connectivity index (χ3v) is 10.2. The highest BCUT2D eigenvalue weighted by atomic mass is 16.4. The van der Waals surface area contributed by atoms with Crippen molar-refractivity contribution in [3.8, 4) is 22.3 Å². The molecule has 0 N–H and O–H groups in total. The first-order valence-electron chi connectivity index (χ1n) is 16.4. The van der Waals surface area contributed by atoms with E-state index in [9.17, 15) is 0 Å². The molecule has 0 bridgehead atoms. The van der Waals surface area contributed by atoms with Crippen molar-refractivity contribution < 1.29 is 8.83 Å². The van der Waals surface area contributed by atoms with Gasteiger partial charge in [-0.1, -0.05) is 121 Å². The summed E-state index contributed by atoms with van der Waals surface area (Å²) in [5.41, 5.74) is 8.22. The maximum atomic E-state index is 6.59. The summed E-state index contributed by atoms with van der Waals surface area (Å²) in [7, 11) is 0. The molecule has 2 heteroatoms. The lowest BCUT2D eigenvalue weighted by Crippen LogP contribution is -1.91. The Bertz CT molecular complexity index is 3060. The molecule has 0 unspecified atom stereocenters. The number of rotatable bonds is 2. The van der Waals surface area contributed by atoms with Gasteiger partial charge in [0.1, 0.15) is 11.2 Å². The van der Waals surface area contributed by atoms with E-state index in [4.69, 9.17) is 8.83 Å². The SMILES string of the molecule is c1ccc2cc(-c3c4ccccc4c(-c4ccc5oc6c(ccc7c6oc6ccc8ccccc8c67)c5c4)c4ccccc34)ccc2c1. The maximum absolute atomic E-state index is 6.59. The van der Waals surface area contributed by atoms with Gasteiger partial charge in [-0.05, 0) is 102 Å². The minimum atomic E-state index is 0.793. The van der Waals surface area contributed by atoms with Gasteiger partial charge < -0.3 is 8.83 Å². The Morgan fingerprint density at radius 1 is 0.292 bits per heavy atom. The van der Waals surface area contributed by atoms with Crippen LogP contribution in [0.5, 0.6) is 0 Å². The van der Waals surface area contributed by atoms with E-state index < -0.39 is 0 Å². The van der Waals surface area contributed by atoms with Gasteiger partial charge in [0.05, 0.1) is 0 Å². The molecule has 0 atom stereocenters. The minimum absolute atomic E-state index is 0.793. The Morgan fingerprint density at radius 3 is 1.52 bits per heavy atom. The van der Waals surface area contributed by atoms with Gasteiger partial charge in [-0.25, -0.2) is 0 Å². The molecule has 2 aromatic heterocycles. The van der Waals surface area contributed by atoms with Gasteiger partial charge in [0, 0.05) is 21.5 Å². The lowest BCUT2D eigenvalue weighted by Gasteiger charge is -2.18. The van der Waals surface area contributed by atoms with E-state index in [1.54, 1.807) is 0 Å². The van der Waals surface area contributed by atoms with Crippen molar-refractivity contribution >= 4 is 87.0 Å². The Kier molecular flexibility index (Phi) is 5.14. The lowest BCUT2D eigenvalue weighted by atomic mass is 9.85. The zero-order valence-corrected chi connectivity index (χ0v) is 25.8. The fourth-order valence-electron chi connectivity index (χ4n) is 8.09. The molecule has 11 aromatic rings. The van der Waals surface area contributed by atoms with Gasteiger partial charge in [-0.3, -0.25) is 0 Å². The van der Waals surface area contributed by atoms with Crippen LogP contribution in [0.15, 0.2) is 167 Å². The molecule has 0 saturated carbocycles. The van der Waals surface area contributed by atoms with Crippen LogP contribution in [-0.4, -0.2) is 0 Å². The minimum Gasteiger partial charge on any atom is -0.452 e. The standard InChI is InChI=1S/C46H26O2/c1-2-11-29-25-30(18-17-27(29)9-1)42-33-13-5-7-15-35(33)43(36-16-8-6-14-34(36)42)31-20-23-40-39(26-31)37-21-22-38-44-32-12-4-3-10-28(32)19-24-41(44)48-46(38)45(37)47-40/h1-26H. The predicted molar refractivity (Wildman–Crippen MR) is 202 cm³/mol. The Balaban J connectivity index is 1.18. The molecule has 0 aliphatic carbocycles. The fourth-order valence-corrected chi connectivity index (χ4v) is 8.09. The quantitative estimate of drug-likeness (QED) is 0.182. The Hall–Kier alpha value is -6.38. The molecule has 2 nitrogen and oxygen atoms in total. The van der Waals surface area contributed by atoms with Crippen LogP contribution in [0.4, 0.5) is 0 Å². The van der Waals surface area contributed by atoms with Gasteiger partial charge in [0.2, 0.25) is 0 Å². The molecule has 48 heavy (non-hydrogen) atoms. The van der Waals surface area contributed by atoms with Crippen LogP contribution in [0, 0.1) is 0 Å². The smallest absolute Gasteiger partial charge is 0.178 e. The van der Waals surface area contributed by atoms with E-state index in [-0.39, 0.29) is 0 Å². The first-order chi connectivity index (χ1) is 23.8. The van der Waals surface area contributed by atoms with E-state index in [1.165, 1.54) is 65.3 Å². The molecule has 0 radical (unpaired) electrons. The third-order valence-electron chi connectivity index (χ3n) is 10.2. The van der Waals surface area contributed by atoms with Crippen LogP contribution in [0.25, 0.3) is 109 Å². The normalized spacial score (nSPS) is 12.2. The first kappa shape index (κ1) is 25.8. The average Bonchev–Trinajstić information content (AvgIpc) is 3.72. The van der Waals surface area contributed by atoms with E-state index in [0.29, 0.717) is 0 Å². The van der Waals surface area contributed by atoms with Gasteiger partial charge in [0.25, 0.3) is 0 Å². The van der Waals surface area contributed by atoms with Crippen LogP contribution in [-0.2, 0) is 0 Å². The van der Waals surface area contributed by atoms with Gasteiger partial charge in [0.15, 0.2) is 11.2 Å². The first-order valence-corrected chi connectivity index (χ1v) is 16.4. The van der Waals surface area contributed by atoms with Crippen LogP contribution in [0.2, 0.25) is 0 Å². The highest BCUT2D eigenvalue weighted by molar-refractivity contribution is 6.26. The molecule has 2 heterocycles. The maximum Gasteiger partial charge on any atom is 0.178 e. The summed E-state index contributed by atoms with van der Waals surface area (Å²) >= 11 is 0. The number of hydrogen-bond donors (Lipinski definition) is 0. The summed E-state index contributed by atoms with van der Waals surface area (Å²) < 4.78 is 13.1. The predicted octanol–water partition coefficient (Wildman–Crippen LogP) is 13.4. The molecule has 0 amide bonds. The van der Waals surface area contributed by atoms with Crippen molar-refractivity contribution in [2.75, 3.05) is 0 Å². The van der Waals surface area contributed by atoms with E-state index >= 15 is 0 Å². The van der Waals surface area contributed by atoms with Crippen molar-refractivity contribution in [1.29, 1.82) is 0 Å². The highest BCUT2D eigenvalue weighted by Crippen LogP contribution is 2.46. The van der Waals surface area contributed by atoms with Crippen molar-refractivity contribution in [2.45, 2.75) is 0 Å². The lowest BCUT2D eigenvalue weighted by molar-refractivity contribution is 0.633. The van der Waals surface area contributed by atoms with Crippen molar-refractivity contribution in [3.05, 3.63) is 158 Å². The average molecular weight is 611 g/mol. The zero-order chi connectivity index (χ0) is 31.3. The molecule has 0 aliphatic rings. The van der Waals surface area contributed by atoms with Crippen LogP contribution in [0.3, 0.4) is 0 Å². The second-order valence-corrected chi connectivity index (χ2v) is 12.8. The summed E-state index contributed by atoms with van der Waals surface area (Å²) in [6, 6.07) is 56.8. The van der Waals surface area contributed by atoms with Crippen LogP contribution < -0.4 is 0 Å². The summed E-state index contributed by atoms with van der Waals surface area (Å²) in [6.07, 6.45) is 0. The molecule has 0 aliphatic heterocycles. The largest absolute Gasteiger partial charge is 0.452 e. The molecular formula is C46H26O2. The van der Waals surface area contributed by atoms with Crippen molar-refractivity contribution in [2.24, 2.45) is 0 Å². The Morgan fingerprint density at radius 2 is 0.792 bits per heavy atom. The van der Waals surface area contributed by atoms with Gasteiger partial charge in [-0.15, -0.1) is 0 Å². The summed E-state index contributed by atoms with van der Waals surface area (Å²) in [5, 5.41) is 14.2. The number of benzene rings is 9. The molecule has 9 aromatic carbocycles. The highest BCUT2D eigenvalue weighted by Gasteiger charge is 2.20. The van der Waals surface area contributed by atoms with Crippen LogP contribution >= 0.6 is 0 Å². The second kappa shape index (κ2) is 9.57. The van der Waals surface area contributed by atoms with E-state index in [0.717, 1.165) is 43.9 Å². The summed E-state index contributed by atoms with van der Waals surface area (Å²) in [6.45, 7) is 0. The summed E-state index contributed by atoms with van der Waals surface area (Å²) in [4.78, 5) is 0. The molecule has 0 fully saturated rings. The molecule has 222 valence electrons. The molecule has 0 saturated heterocycles. The van der Waals surface area contributed by atoms with Crippen molar-refractivity contribution in [1.82, 2.24) is 0 Å². The third kappa shape index (κ3) is 3.52. The van der Waals surface area contributed by atoms with Gasteiger partial charge >= 0.3 is 0 Å². The monoisotopic (exact) mass is 610 g/mol. The van der Waals surface area contributed by atoms with E-state index in [2.05, 4.69) is 158 Å². The summed E-state index contributed by atoms with van der Waals surface area (Å²) in [5.74, 6) is 0. The zero-order valence-electron chi connectivity index (χ0n) is 25.8. The van der Waals surface area contributed by atoms with Crippen molar-refractivity contribution in [3.63, 3.8) is 0 Å². The molecule has 11 rings (SSSR count). The molecular weight excluding hydrogens is 585 g/mol. The fraction of sp³-hybridized carbons (Fsp3) is 0. The number of hydrogen-bond acceptors (Lipinski definition) is 2. The second-order valence-electron chi connectivity index (χ2n) is 12.8.